The summed E-state index contributed by atoms with van der Waals surface area (Å²) in [5, 5.41) is 2.33. The van der Waals surface area contributed by atoms with Gasteiger partial charge in [0, 0.05) is 19.9 Å². The number of pyridine rings is 1. The highest BCUT2D eigenvalue weighted by Gasteiger charge is 2.25. The molecule has 0 radical (unpaired) electrons. The Morgan fingerprint density at radius 1 is 0.879 bits per heavy atom. The van der Waals surface area contributed by atoms with Crippen molar-refractivity contribution in [3.63, 3.8) is 0 Å². The van der Waals surface area contributed by atoms with E-state index >= 15 is 0 Å². The first-order chi connectivity index (χ1) is 16.7. The molecule has 0 N–H and O–H groups in total. The summed E-state index contributed by atoms with van der Waals surface area (Å²) >= 11 is 0. The topological polar surface area (TPSA) is 3.88 Å². The van der Waals surface area contributed by atoms with Crippen LogP contribution in [0, 0.1) is 6.92 Å². The summed E-state index contributed by atoms with van der Waals surface area (Å²) in [5.74, 6) is -1.17. The molecule has 5 rings (SSSR count). The van der Waals surface area contributed by atoms with E-state index in [1.54, 1.807) is 0 Å². The van der Waals surface area contributed by atoms with Gasteiger partial charge in [-0.15, -0.1) is 0 Å². The lowest BCUT2D eigenvalue weighted by atomic mass is 9.81. The normalized spacial score (nSPS) is 17.0. The molecule has 1 saturated carbocycles. The van der Waals surface area contributed by atoms with Crippen LogP contribution in [-0.2, 0) is 7.05 Å². The van der Waals surface area contributed by atoms with Crippen molar-refractivity contribution in [2.75, 3.05) is 0 Å². The van der Waals surface area contributed by atoms with Crippen LogP contribution in [0.15, 0.2) is 72.9 Å². The molecule has 0 spiro atoms. The summed E-state index contributed by atoms with van der Waals surface area (Å²) in [6, 6.07) is 23.9. The zero-order chi connectivity index (χ0) is 24.8. The Kier molecular flexibility index (Phi) is 5.41. The third-order valence-electron chi connectivity index (χ3n) is 7.26. The van der Waals surface area contributed by atoms with Crippen LogP contribution < -0.4 is 4.57 Å². The van der Waals surface area contributed by atoms with Crippen LogP contribution in [0.4, 0.5) is 0 Å². The molecule has 3 aromatic carbocycles. The van der Waals surface area contributed by atoms with E-state index in [0.717, 1.165) is 47.8 Å². The number of benzene rings is 3. The van der Waals surface area contributed by atoms with Crippen LogP contribution in [0.2, 0.25) is 0 Å². The van der Waals surface area contributed by atoms with Crippen molar-refractivity contribution >= 4 is 10.8 Å². The molecule has 0 aliphatic heterocycles. The van der Waals surface area contributed by atoms with Gasteiger partial charge >= 0.3 is 0 Å². The van der Waals surface area contributed by atoms with Gasteiger partial charge in [-0.3, -0.25) is 0 Å². The Labute approximate surface area is 201 Å². The molecular formula is C32H36N+. The predicted molar refractivity (Wildman–Crippen MR) is 141 cm³/mol. The average Bonchev–Trinajstić information content (AvgIpc) is 2.84. The molecule has 1 heteroatoms. The minimum Gasteiger partial charge on any atom is -0.201 e. The highest BCUT2D eigenvalue weighted by molar-refractivity contribution is 5.89. The first-order valence-corrected chi connectivity index (χ1v) is 12.3. The molecule has 0 atom stereocenters. The molecule has 1 heterocycles. The quantitative estimate of drug-likeness (QED) is 0.282. The van der Waals surface area contributed by atoms with Gasteiger partial charge in [-0.2, -0.15) is 0 Å². The molecule has 0 bridgehead atoms. The predicted octanol–water partition coefficient (Wildman–Crippen LogP) is 8.48. The smallest absolute Gasteiger partial charge is 0.201 e. The van der Waals surface area contributed by atoms with Crippen molar-refractivity contribution in [2.45, 2.75) is 64.7 Å². The first-order valence-electron chi connectivity index (χ1n) is 13.3. The molecule has 1 fully saturated rings. The molecule has 168 valence electrons. The maximum atomic E-state index is 9.49. The Morgan fingerprint density at radius 3 is 2.36 bits per heavy atom. The van der Waals surface area contributed by atoms with E-state index in [0.29, 0.717) is 0 Å². The van der Waals surface area contributed by atoms with Gasteiger partial charge in [-0.05, 0) is 76.7 Å². The molecule has 1 nitrogen and oxygen atoms in total. The lowest BCUT2D eigenvalue weighted by molar-refractivity contribution is -0.660. The zero-order valence-corrected chi connectivity index (χ0v) is 20.4. The maximum absolute atomic E-state index is 9.49. The molecule has 0 amide bonds. The van der Waals surface area contributed by atoms with E-state index in [2.05, 4.69) is 91.5 Å². The molecular weight excluding hydrogens is 398 g/mol. The van der Waals surface area contributed by atoms with Gasteiger partial charge in [-0.1, -0.05) is 81.6 Å². The van der Waals surface area contributed by atoms with E-state index < -0.39 is 11.8 Å². The number of rotatable bonds is 4. The number of aromatic nitrogens is 1. The van der Waals surface area contributed by atoms with Crippen molar-refractivity contribution in [1.82, 2.24) is 0 Å². The van der Waals surface area contributed by atoms with Crippen LogP contribution in [-0.4, -0.2) is 0 Å². The fraction of sp³-hybridized carbons (Fsp3) is 0.344. The lowest BCUT2D eigenvalue weighted by Crippen LogP contribution is -2.32. The summed E-state index contributed by atoms with van der Waals surface area (Å²) < 4.78 is 20.1. The minimum absolute atomic E-state index is 0.552. The van der Waals surface area contributed by atoms with Gasteiger partial charge in [0.1, 0.15) is 7.05 Å². The second-order valence-electron chi connectivity index (χ2n) is 9.85. The van der Waals surface area contributed by atoms with Crippen LogP contribution in [0.5, 0.6) is 0 Å². The monoisotopic (exact) mass is 436 g/mol. The summed E-state index contributed by atoms with van der Waals surface area (Å²) in [6.45, 7) is 6.03. The maximum Gasteiger partial charge on any atom is 0.213 e. The van der Waals surface area contributed by atoms with Gasteiger partial charge in [0.2, 0.25) is 5.69 Å². The van der Waals surface area contributed by atoms with Gasteiger partial charge in [-0.25, -0.2) is 4.57 Å². The van der Waals surface area contributed by atoms with E-state index in [9.17, 15) is 1.37 Å². The minimum atomic E-state index is -0.616. The molecule has 0 unspecified atom stereocenters. The third kappa shape index (κ3) is 4.34. The zero-order valence-electron chi connectivity index (χ0n) is 22.4. The van der Waals surface area contributed by atoms with Gasteiger partial charge in [0.25, 0.3) is 0 Å². The highest BCUT2D eigenvalue weighted by Crippen LogP contribution is 2.39. The number of fused-ring (bicyclic) bond motifs is 1. The van der Waals surface area contributed by atoms with Crippen LogP contribution >= 0.6 is 0 Å². The largest absolute Gasteiger partial charge is 0.213 e. The average molecular weight is 437 g/mol. The molecule has 1 aromatic heterocycles. The van der Waals surface area contributed by atoms with E-state index in [-0.39, 0.29) is 0 Å². The van der Waals surface area contributed by atoms with Crippen molar-refractivity contribution < 1.29 is 7.31 Å². The van der Waals surface area contributed by atoms with Crippen LogP contribution in [0.1, 0.15) is 77.2 Å². The number of nitrogens with zero attached hydrogens (tertiary/aromatic N) is 1. The second-order valence-corrected chi connectivity index (χ2v) is 9.85. The standard InChI is InChI=1S/C32H36N/c1-22(2)25-14-15-27-19-28(17-16-26(27)18-25)30-20-32(29-13-9-8-10-23(29)3)33(4)21-31(30)24-11-6-5-7-12-24/h8-10,13-22,24H,5-7,11-12H2,1-4H3/q+1/i22D,24D. The SMILES string of the molecule is [2H]C(C)(C)c1ccc2cc(-c3cc(-c4ccccc4C)[n+](C)cc3C3([2H])CCCCC3)ccc2c1. The van der Waals surface area contributed by atoms with Crippen LogP contribution in [0.25, 0.3) is 33.2 Å². The summed E-state index contributed by atoms with van der Waals surface area (Å²) in [5.41, 5.74) is 8.16. The van der Waals surface area contributed by atoms with E-state index in [1.165, 1.54) is 34.2 Å². The number of hydrogen-bond donors (Lipinski definition) is 0. The molecule has 4 aromatic rings. The van der Waals surface area contributed by atoms with Crippen molar-refractivity contribution in [1.29, 1.82) is 0 Å². The molecule has 33 heavy (non-hydrogen) atoms. The summed E-state index contributed by atoms with van der Waals surface area (Å²) in [4.78, 5) is 0. The fourth-order valence-corrected chi connectivity index (χ4v) is 5.27. The van der Waals surface area contributed by atoms with Gasteiger partial charge in [0.15, 0.2) is 6.20 Å². The molecule has 1 aliphatic rings. The number of aryl methyl sites for hydroxylation is 2. The van der Waals surface area contributed by atoms with Crippen molar-refractivity contribution in [3.05, 3.63) is 89.6 Å². The summed E-state index contributed by atoms with van der Waals surface area (Å²) in [7, 11) is 2.12. The first kappa shape index (κ1) is 19.5. The van der Waals surface area contributed by atoms with E-state index in [1.807, 2.05) is 13.8 Å². The highest BCUT2D eigenvalue weighted by atomic mass is 14.9. The number of hydrogen-bond acceptors (Lipinski definition) is 0. The van der Waals surface area contributed by atoms with E-state index in [4.69, 9.17) is 1.37 Å². The van der Waals surface area contributed by atoms with Crippen molar-refractivity contribution in [2.24, 2.45) is 7.05 Å². The Morgan fingerprint density at radius 2 is 1.61 bits per heavy atom. The van der Waals surface area contributed by atoms with Crippen LogP contribution in [0.3, 0.4) is 0 Å². The lowest BCUT2D eigenvalue weighted by Gasteiger charge is -2.24. The third-order valence-corrected chi connectivity index (χ3v) is 7.26. The fourth-order valence-electron chi connectivity index (χ4n) is 5.27. The molecule has 0 saturated heterocycles. The summed E-state index contributed by atoms with van der Waals surface area (Å²) in [6.07, 6.45) is 7.53. The Balaban J connectivity index is 1.72. The second kappa shape index (κ2) is 9.14. The molecule has 1 aliphatic carbocycles. The Bertz CT molecular complexity index is 1390. The van der Waals surface area contributed by atoms with Gasteiger partial charge < -0.3 is 0 Å². The van der Waals surface area contributed by atoms with Gasteiger partial charge in [0.05, 0.1) is 0 Å². The Hall–Kier alpha value is -2.93. The van der Waals surface area contributed by atoms with Crippen molar-refractivity contribution in [3.8, 4) is 22.4 Å².